The first-order chi connectivity index (χ1) is 10.1. The van der Waals surface area contributed by atoms with Gasteiger partial charge in [0.25, 0.3) is 0 Å². The minimum absolute atomic E-state index is 0.311. The zero-order chi connectivity index (χ0) is 15.7. The summed E-state index contributed by atoms with van der Waals surface area (Å²) in [5, 5.41) is 3.44. The molecular formula is C16H25BrN2O2. The monoisotopic (exact) mass is 356 g/mol. The number of methoxy groups -OCH3 is 1. The average molecular weight is 357 g/mol. The van der Waals surface area contributed by atoms with Gasteiger partial charge in [-0.05, 0) is 50.3 Å². The molecule has 21 heavy (non-hydrogen) atoms. The minimum atomic E-state index is -0.311. The third-order valence-corrected chi connectivity index (χ3v) is 4.25. The highest BCUT2D eigenvalue weighted by Crippen LogP contribution is 2.19. The zero-order valence-electron chi connectivity index (χ0n) is 13.1. The van der Waals surface area contributed by atoms with E-state index in [2.05, 4.69) is 40.0 Å². The summed E-state index contributed by atoms with van der Waals surface area (Å²) in [6, 6.07) is 5.55. The number of halogens is 1. The van der Waals surface area contributed by atoms with Crippen LogP contribution < -0.4 is 5.32 Å². The molecule has 1 aromatic carbocycles. The van der Waals surface area contributed by atoms with E-state index >= 15 is 0 Å². The Balaban J connectivity index is 2.37. The van der Waals surface area contributed by atoms with Crippen LogP contribution in [-0.2, 0) is 11.3 Å². The Morgan fingerprint density at radius 2 is 2.05 bits per heavy atom. The Bertz CT molecular complexity index is 448. The lowest BCUT2D eigenvalue weighted by molar-refractivity contribution is 0.0600. The molecule has 0 radical (unpaired) electrons. The fourth-order valence-electron chi connectivity index (χ4n) is 2.13. The molecule has 4 nitrogen and oxygen atoms in total. The number of nitrogens with zero attached hydrogens (tertiary/aromatic N) is 1. The molecule has 0 aliphatic carbocycles. The summed E-state index contributed by atoms with van der Waals surface area (Å²) in [4.78, 5) is 13.9. The van der Waals surface area contributed by atoms with Crippen molar-refractivity contribution in [2.75, 3.05) is 33.3 Å². The van der Waals surface area contributed by atoms with E-state index in [1.165, 1.54) is 7.11 Å². The minimum Gasteiger partial charge on any atom is -0.465 e. The molecule has 0 saturated heterocycles. The van der Waals surface area contributed by atoms with Crippen LogP contribution in [0.15, 0.2) is 22.7 Å². The number of carbonyl (C=O) groups is 1. The van der Waals surface area contributed by atoms with E-state index in [4.69, 9.17) is 4.74 Å². The van der Waals surface area contributed by atoms with E-state index in [0.717, 1.165) is 49.2 Å². The van der Waals surface area contributed by atoms with Crippen LogP contribution in [0.4, 0.5) is 0 Å². The third kappa shape index (κ3) is 6.16. The molecule has 0 aliphatic heterocycles. The number of ether oxygens (including phenoxy) is 1. The Morgan fingerprint density at radius 3 is 2.62 bits per heavy atom. The molecule has 0 amide bonds. The number of carbonyl (C=O) groups excluding carboxylic acids is 1. The largest absolute Gasteiger partial charge is 0.465 e. The summed E-state index contributed by atoms with van der Waals surface area (Å²) in [6.45, 7) is 9.51. The second kappa shape index (κ2) is 9.92. The van der Waals surface area contributed by atoms with E-state index < -0.39 is 0 Å². The van der Waals surface area contributed by atoms with Crippen LogP contribution in [0.2, 0.25) is 0 Å². The molecular weight excluding hydrogens is 332 g/mol. The maximum absolute atomic E-state index is 11.4. The van der Waals surface area contributed by atoms with Gasteiger partial charge in [0.1, 0.15) is 0 Å². The molecule has 0 heterocycles. The number of nitrogens with one attached hydrogen (secondary N) is 1. The van der Waals surface area contributed by atoms with Gasteiger partial charge in [-0.3, -0.25) is 0 Å². The van der Waals surface area contributed by atoms with Crippen molar-refractivity contribution in [3.63, 3.8) is 0 Å². The van der Waals surface area contributed by atoms with E-state index in [0.29, 0.717) is 5.56 Å². The molecule has 0 unspecified atom stereocenters. The van der Waals surface area contributed by atoms with E-state index in [-0.39, 0.29) is 5.97 Å². The highest BCUT2D eigenvalue weighted by atomic mass is 79.9. The van der Waals surface area contributed by atoms with Crippen molar-refractivity contribution >= 4 is 21.9 Å². The Morgan fingerprint density at radius 1 is 1.33 bits per heavy atom. The summed E-state index contributed by atoms with van der Waals surface area (Å²) in [5.41, 5.74) is 1.71. The highest BCUT2D eigenvalue weighted by molar-refractivity contribution is 9.10. The second-order valence-electron chi connectivity index (χ2n) is 4.85. The van der Waals surface area contributed by atoms with Crippen molar-refractivity contribution in [3.05, 3.63) is 33.8 Å². The van der Waals surface area contributed by atoms with Crippen LogP contribution >= 0.6 is 15.9 Å². The van der Waals surface area contributed by atoms with Crippen LogP contribution in [0.1, 0.15) is 36.2 Å². The van der Waals surface area contributed by atoms with Gasteiger partial charge in [0, 0.05) is 11.0 Å². The normalized spacial score (nSPS) is 10.9. The molecule has 0 aromatic heterocycles. The van der Waals surface area contributed by atoms with Gasteiger partial charge < -0.3 is 15.0 Å². The van der Waals surface area contributed by atoms with Gasteiger partial charge >= 0.3 is 5.97 Å². The molecule has 1 aromatic rings. The number of hydrogen-bond acceptors (Lipinski definition) is 4. The van der Waals surface area contributed by atoms with Crippen molar-refractivity contribution in [2.45, 2.75) is 26.8 Å². The van der Waals surface area contributed by atoms with Gasteiger partial charge in [-0.2, -0.15) is 0 Å². The van der Waals surface area contributed by atoms with Crippen molar-refractivity contribution < 1.29 is 9.53 Å². The topological polar surface area (TPSA) is 41.6 Å². The van der Waals surface area contributed by atoms with Crippen molar-refractivity contribution in [2.24, 2.45) is 0 Å². The smallest absolute Gasteiger partial charge is 0.337 e. The molecule has 0 fully saturated rings. The van der Waals surface area contributed by atoms with Gasteiger partial charge in [0.2, 0.25) is 0 Å². The number of rotatable bonds is 9. The summed E-state index contributed by atoms with van der Waals surface area (Å²) in [7, 11) is 1.39. The standard InChI is InChI=1S/C16H25BrN2O2/c1-4-19(5-2)10-6-9-18-12-14-8-7-13(11-15(14)17)16(20)21-3/h7-8,11,18H,4-6,9-10,12H2,1-3H3. The van der Waals surface area contributed by atoms with Crippen molar-refractivity contribution in [1.29, 1.82) is 0 Å². The fourth-order valence-corrected chi connectivity index (χ4v) is 2.65. The Labute approximate surface area is 136 Å². The van der Waals surface area contributed by atoms with Crippen molar-refractivity contribution in [3.8, 4) is 0 Å². The number of esters is 1. The quantitative estimate of drug-likeness (QED) is 0.545. The first-order valence-electron chi connectivity index (χ1n) is 7.42. The second-order valence-corrected chi connectivity index (χ2v) is 5.71. The van der Waals surface area contributed by atoms with Crippen LogP contribution in [0.3, 0.4) is 0 Å². The first-order valence-corrected chi connectivity index (χ1v) is 8.21. The fraction of sp³-hybridized carbons (Fsp3) is 0.562. The molecule has 0 spiro atoms. The van der Waals surface area contributed by atoms with Crippen molar-refractivity contribution in [1.82, 2.24) is 10.2 Å². The predicted molar refractivity (Wildman–Crippen MR) is 89.6 cm³/mol. The van der Waals surface area contributed by atoms with E-state index in [1.807, 2.05) is 6.07 Å². The van der Waals surface area contributed by atoms with Crippen LogP contribution in [0.5, 0.6) is 0 Å². The van der Waals surface area contributed by atoms with Crippen LogP contribution in [0, 0.1) is 0 Å². The predicted octanol–water partition coefficient (Wildman–Crippen LogP) is 3.06. The highest BCUT2D eigenvalue weighted by Gasteiger charge is 2.08. The van der Waals surface area contributed by atoms with E-state index in [9.17, 15) is 4.79 Å². The summed E-state index contributed by atoms with van der Waals surface area (Å²) >= 11 is 3.50. The van der Waals surface area contributed by atoms with E-state index in [1.54, 1.807) is 12.1 Å². The van der Waals surface area contributed by atoms with Crippen LogP contribution in [-0.4, -0.2) is 44.2 Å². The number of hydrogen-bond donors (Lipinski definition) is 1. The summed E-state index contributed by atoms with van der Waals surface area (Å²) < 4.78 is 5.64. The molecule has 1 N–H and O–H groups in total. The van der Waals surface area contributed by atoms with Crippen LogP contribution in [0.25, 0.3) is 0 Å². The van der Waals surface area contributed by atoms with Gasteiger partial charge in [0.15, 0.2) is 0 Å². The maximum atomic E-state index is 11.4. The SMILES string of the molecule is CCN(CC)CCCNCc1ccc(C(=O)OC)cc1Br. The lowest BCUT2D eigenvalue weighted by atomic mass is 10.1. The summed E-state index contributed by atoms with van der Waals surface area (Å²) in [5.74, 6) is -0.311. The lowest BCUT2D eigenvalue weighted by Gasteiger charge is -2.17. The van der Waals surface area contributed by atoms with Gasteiger partial charge in [0.05, 0.1) is 12.7 Å². The van der Waals surface area contributed by atoms with Gasteiger partial charge in [-0.1, -0.05) is 35.8 Å². The summed E-state index contributed by atoms with van der Waals surface area (Å²) in [6.07, 6.45) is 1.14. The zero-order valence-corrected chi connectivity index (χ0v) is 14.7. The van der Waals surface area contributed by atoms with Gasteiger partial charge in [-0.15, -0.1) is 0 Å². The molecule has 1 rings (SSSR count). The molecule has 118 valence electrons. The molecule has 0 bridgehead atoms. The molecule has 0 aliphatic rings. The average Bonchev–Trinajstić information content (AvgIpc) is 2.51. The Kier molecular flexibility index (Phi) is 8.57. The Hall–Kier alpha value is -0.910. The lowest BCUT2D eigenvalue weighted by Crippen LogP contribution is -2.27. The number of benzene rings is 1. The molecule has 0 saturated carbocycles. The molecule has 0 atom stereocenters. The first kappa shape index (κ1) is 18.1. The third-order valence-electron chi connectivity index (χ3n) is 3.51. The van der Waals surface area contributed by atoms with Gasteiger partial charge in [-0.25, -0.2) is 4.79 Å². The molecule has 5 heteroatoms. The maximum Gasteiger partial charge on any atom is 0.337 e.